The molecule has 1 heteroatoms. The van der Waals surface area contributed by atoms with Gasteiger partial charge in [-0.05, 0) is 39.3 Å². The van der Waals surface area contributed by atoms with Crippen LogP contribution in [0.2, 0.25) is 0 Å². The summed E-state index contributed by atoms with van der Waals surface area (Å²) in [5.74, 6) is 0.169. The predicted molar refractivity (Wildman–Crippen MR) is 144 cm³/mol. The monoisotopic (exact) mass is 444 g/mol. The summed E-state index contributed by atoms with van der Waals surface area (Å²) in [6, 6.07) is 41.8. The van der Waals surface area contributed by atoms with Crippen LogP contribution in [0.3, 0.4) is 0 Å². The van der Waals surface area contributed by atoms with Crippen LogP contribution in [0.1, 0.15) is 36.1 Å². The molecule has 34 heavy (non-hydrogen) atoms. The van der Waals surface area contributed by atoms with Gasteiger partial charge in [0.25, 0.3) is 0 Å². The van der Waals surface area contributed by atoms with Crippen LogP contribution in [0.5, 0.6) is 0 Å². The van der Waals surface area contributed by atoms with Gasteiger partial charge in [0.1, 0.15) is 0 Å². The standard InChI is InChI=1S/C33H32O/c1-26(2)33(25-34,23-31(27-15-7-3-8-16-27)28-17-9-4-10-18-28)24-32(29-19-11-5-12-20-29)30-21-13-6-14-22-30/h3-24,26,34H,25H2,1-2H3. The normalized spacial score (nSPS) is 11.2. The van der Waals surface area contributed by atoms with E-state index in [4.69, 9.17) is 0 Å². The first kappa shape index (κ1) is 23.5. The van der Waals surface area contributed by atoms with Crippen molar-refractivity contribution in [2.45, 2.75) is 13.8 Å². The molecular weight excluding hydrogens is 412 g/mol. The third-order valence-corrected chi connectivity index (χ3v) is 6.51. The number of rotatable bonds is 8. The van der Waals surface area contributed by atoms with Crippen molar-refractivity contribution in [2.75, 3.05) is 6.61 Å². The number of hydrogen-bond donors (Lipinski definition) is 1. The van der Waals surface area contributed by atoms with E-state index in [1.807, 2.05) is 24.3 Å². The van der Waals surface area contributed by atoms with E-state index in [1.54, 1.807) is 0 Å². The molecule has 1 nitrogen and oxygen atoms in total. The second kappa shape index (κ2) is 11.0. The van der Waals surface area contributed by atoms with Gasteiger partial charge in [-0.25, -0.2) is 0 Å². The van der Waals surface area contributed by atoms with Crippen LogP contribution in [0.15, 0.2) is 133 Å². The van der Waals surface area contributed by atoms with Gasteiger partial charge >= 0.3 is 0 Å². The van der Waals surface area contributed by atoms with Crippen molar-refractivity contribution in [2.24, 2.45) is 11.3 Å². The van der Waals surface area contributed by atoms with Crippen molar-refractivity contribution < 1.29 is 5.11 Å². The van der Waals surface area contributed by atoms with Crippen LogP contribution in [0.4, 0.5) is 0 Å². The minimum absolute atomic E-state index is 0.0109. The van der Waals surface area contributed by atoms with E-state index < -0.39 is 5.41 Å². The Morgan fingerprint density at radius 2 is 0.824 bits per heavy atom. The van der Waals surface area contributed by atoms with Crippen molar-refractivity contribution >= 4 is 11.1 Å². The van der Waals surface area contributed by atoms with E-state index in [9.17, 15) is 5.11 Å². The third kappa shape index (κ3) is 5.27. The molecule has 0 saturated heterocycles. The highest BCUT2D eigenvalue weighted by Crippen LogP contribution is 2.40. The van der Waals surface area contributed by atoms with E-state index in [2.05, 4.69) is 123 Å². The summed E-state index contributed by atoms with van der Waals surface area (Å²) in [4.78, 5) is 0. The highest BCUT2D eigenvalue weighted by Gasteiger charge is 2.31. The highest BCUT2D eigenvalue weighted by molar-refractivity contribution is 5.83. The molecule has 0 saturated carbocycles. The van der Waals surface area contributed by atoms with Crippen LogP contribution in [0, 0.1) is 11.3 Å². The Kier molecular flexibility index (Phi) is 7.57. The van der Waals surface area contributed by atoms with E-state index >= 15 is 0 Å². The Morgan fingerprint density at radius 1 is 0.559 bits per heavy atom. The van der Waals surface area contributed by atoms with E-state index in [-0.39, 0.29) is 12.5 Å². The fourth-order valence-electron chi connectivity index (χ4n) is 4.32. The maximum atomic E-state index is 10.9. The first-order chi connectivity index (χ1) is 16.6. The Labute approximate surface area is 203 Å². The molecular formula is C33H32O. The molecule has 0 fully saturated rings. The summed E-state index contributed by atoms with van der Waals surface area (Å²) < 4.78 is 0. The minimum atomic E-state index is -0.567. The van der Waals surface area contributed by atoms with Crippen molar-refractivity contribution in [3.05, 3.63) is 156 Å². The van der Waals surface area contributed by atoms with Crippen LogP contribution >= 0.6 is 0 Å². The van der Waals surface area contributed by atoms with Gasteiger partial charge in [-0.3, -0.25) is 0 Å². The Hall–Kier alpha value is -3.68. The Balaban J connectivity index is 1.98. The average Bonchev–Trinajstić information content (AvgIpc) is 2.91. The molecule has 0 heterocycles. The lowest BCUT2D eigenvalue weighted by Gasteiger charge is -2.33. The van der Waals surface area contributed by atoms with Gasteiger partial charge in [0.05, 0.1) is 6.61 Å². The third-order valence-electron chi connectivity index (χ3n) is 6.51. The lowest BCUT2D eigenvalue weighted by Crippen LogP contribution is -2.28. The molecule has 0 radical (unpaired) electrons. The molecule has 0 aromatic heterocycles. The van der Waals surface area contributed by atoms with Crippen molar-refractivity contribution in [1.29, 1.82) is 0 Å². The van der Waals surface area contributed by atoms with Crippen molar-refractivity contribution in [1.82, 2.24) is 0 Å². The quantitative estimate of drug-likeness (QED) is 0.293. The second-order valence-corrected chi connectivity index (χ2v) is 9.01. The highest BCUT2D eigenvalue weighted by atomic mass is 16.3. The van der Waals surface area contributed by atoms with E-state index in [1.165, 1.54) is 0 Å². The molecule has 0 atom stereocenters. The molecule has 4 aromatic rings. The van der Waals surface area contributed by atoms with Gasteiger partial charge in [0, 0.05) is 5.41 Å². The zero-order chi connectivity index (χ0) is 23.8. The van der Waals surface area contributed by atoms with Crippen molar-refractivity contribution in [3.8, 4) is 0 Å². The molecule has 0 unspecified atom stereocenters. The van der Waals surface area contributed by atoms with Gasteiger partial charge in [0.2, 0.25) is 0 Å². The van der Waals surface area contributed by atoms with E-state index in [0.717, 1.165) is 33.4 Å². The number of hydrogen-bond acceptors (Lipinski definition) is 1. The lowest BCUT2D eigenvalue weighted by atomic mass is 9.72. The van der Waals surface area contributed by atoms with Crippen LogP contribution in [-0.2, 0) is 0 Å². The fourth-order valence-corrected chi connectivity index (χ4v) is 4.32. The van der Waals surface area contributed by atoms with Crippen LogP contribution in [-0.4, -0.2) is 11.7 Å². The van der Waals surface area contributed by atoms with Gasteiger partial charge in [0.15, 0.2) is 0 Å². The first-order valence-electron chi connectivity index (χ1n) is 11.9. The molecule has 4 aromatic carbocycles. The van der Waals surface area contributed by atoms with Gasteiger partial charge in [-0.15, -0.1) is 0 Å². The van der Waals surface area contributed by atoms with E-state index in [0.29, 0.717) is 0 Å². The summed E-state index contributed by atoms with van der Waals surface area (Å²) in [7, 11) is 0. The number of aliphatic hydroxyl groups excluding tert-OH is 1. The SMILES string of the molecule is CC(C)C(C=C(c1ccccc1)c1ccccc1)(C=C(c1ccccc1)c1ccccc1)CO. The molecule has 0 aliphatic carbocycles. The summed E-state index contributed by atoms with van der Waals surface area (Å²) in [6.45, 7) is 4.38. The topological polar surface area (TPSA) is 20.2 Å². The minimum Gasteiger partial charge on any atom is -0.395 e. The number of aliphatic hydroxyl groups is 1. The summed E-state index contributed by atoms with van der Waals surface area (Å²) in [5.41, 5.74) is 6.25. The zero-order valence-electron chi connectivity index (χ0n) is 19.9. The molecule has 0 bridgehead atoms. The summed E-state index contributed by atoms with van der Waals surface area (Å²) in [6.07, 6.45) is 4.54. The molecule has 0 spiro atoms. The van der Waals surface area contributed by atoms with Gasteiger partial charge < -0.3 is 5.11 Å². The fraction of sp³-hybridized carbons (Fsp3) is 0.152. The maximum absolute atomic E-state index is 10.9. The smallest absolute Gasteiger partial charge is 0.0560 e. The number of benzene rings is 4. The maximum Gasteiger partial charge on any atom is 0.0560 e. The largest absolute Gasteiger partial charge is 0.395 e. The Morgan fingerprint density at radius 3 is 1.03 bits per heavy atom. The van der Waals surface area contributed by atoms with Gasteiger partial charge in [-0.2, -0.15) is 0 Å². The zero-order valence-corrected chi connectivity index (χ0v) is 19.9. The molecule has 4 rings (SSSR count). The van der Waals surface area contributed by atoms with Crippen molar-refractivity contribution in [3.63, 3.8) is 0 Å². The molecule has 0 amide bonds. The molecule has 0 aliphatic rings. The first-order valence-corrected chi connectivity index (χ1v) is 11.9. The Bertz CT molecular complexity index is 1050. The molecule has 1 N–H and O–H groups in total. The second-order valence-electron chi connectivity index (χ2n) is 9.01. The lowest BCUT2D eigenvalue weighted by molar-refractivity contribution is 0.166. The molecule has 0 aliphatic heterocycles. The van der Waals surface area contributed by atoms with Gasteiger partial charge in [-0.1, -0.05) is 147 Å². The van der Waals surface area contributed by atoms with Crippen LogP contribution in [0.25, 0.3) is 11.1 Å². The summed E-state index contributed by atoms with van der Waals surface area (Å²) >= 11 is 0. The van der Waals surface area contributed by atoms with Crippen LogP contribution < -0.4 is 0 Å². The summed E-state index contributed by atoms with van der Waals surface area (Å²) in [5, 5.41) is 10.9. The average molecular weight is 445 g/mol. The predicted octanol–water partition coefficient (Wildman–Crippen LogP) is 7.88. The molecule has 170 valence electrons.